The van der Waals surface area contributed by atoms with Crippen LogP contribution in [-0.2, 0) is 4.52 Å². The Bertz CT molecular complexity index is 164. The third kappa shape index (κ3) is 9.95. The lowest BCUT2D eigenvalue weighted by Gasteiger charge is -1.99. The maximum absolute atomic E-state index is 5.01. The fraction of sp³-hybridized carbons (Fsp3) is 0.667. The van der Waals surface area contributed by atoms with E-state index in [1.807, 2.05) is 13.0 Å². The molecule has 14 heavy (non-hydrogen) atoms. The van der Waals surface area contributed by atoms with Crippen molar-refractivity contribution in [3.8, 4) is 0 Å². The first-order valence-corrected chi connectivity index (χ1v) is 5.97. The van der Waals surface area contributed by atoms with Gasteiger partial charge in [0.15, 0.2) is 0 Å². The third-order valence-electron chi connectivity index (χ3n) is 2.07. The first-order chi connectivity index (χ1) is 6.81. The molecule has 2 unspecified atom stereocenters. The van der Waals surface area contributed by atoms with Crippen LogP contribution in [0.5, 0.6) is 0 Å². The molecule has 0 aliphatic carbocycles. The minimum atomic E-state index is 0.185. The van der Waals surface area contributed by atoms with E-state index in [0.29, 0.717) is 0 Å². The van der Waals surface area contributed by atoms with Gasteiger partial charge in [0.25, 0.3) is 0 Å². The minimum absolute atomic E-state index is 0.185. The van der Waals surface area contributed by atoms with Gasteiger partial charge in [-0.25, -0.2) is 0 Å². The Labute approximate surface area is 90.9 Å². The second-order valence-electron chi connectivity index (χ2n) is 3.50. The highest BCUT2D eigenvalue weighted by Gasteiger charge is 1.87. The zero-order valence-electron chi connectivity index (χ0n) is 9.41. The molecule has 0 radical (unpaired) electrons. The molecule has 0 aliphatic rings. The number of hydrogen-bond acceptors (Lipinski definition) is 1. The topological polar surface area (TPSA) is 9.23 Å². The molecule has 0 N–H and O–H groups in total. The lowest BCUT2D eigenvalue weighted by atomic mass is 10.1. The first kappa shape index (κ1) is 13.9. The van der Waals surface area contributed by atoms with Crippen molar-refractivity contribution >= 4 is 9.47 Å². The van der Waals surface area contributed by atoms with E-state index in [1.165, 1.54) is 32.1 Å². The van der Waals surface area contributed by atoms with Crippen molar-refractivity contribution in [2.75, 3.05) is 0 Å². The zero-order chi connectivity index (χ0) is 10.6. The summed E-state index contributed by atoms with van der Waals surface area (Å²) in [4.78, 5) is 0. The molecule has 1 nitrogen and oxygen atoms in total. The highest BCUT2D eigenvalue weighted by molar-refractivity contribution is 7.09. The van der Waals surface area contributed by atoms with Gasteiger partial charge in [-0.3, -0.25) is 0 Å². The monoisotopic (exact) mass is 214 g/mol. The molecule has 0 spiro atoms. The average Bonchev–Trinajstić information content (AvgIpc) is 2.21. The molecule has 82 valence electrons. The van der Waals surface area contributed by atoms with Gasteiger partial charge in [0.1, 0.15) is 0 Å². The Balaban J connectivity index is 3.31. The molecular weight excluding hydrogens is 191 g/mol. The van der Waals surface area contributed by atoms with Gasteiger partial charge < -0.3 is 4.52 Å². The van der Waals surface area contributed by atoms with Crippen LogP contribution < -0.4 is 0 Å². The minimum Gasteiger partial charge on any atom is -0.359 e. The van der Waals surface area contributed by atoms with Gasteiger partial charge >= 0.3 is 0 Å². The molecule has 2 atom stereocenters. The van der Waals surface area contributed by atoms with Crippen LogP contribution in [-0.4, -0.2) is 6.10 Å². The normalized spacial score (nSPS) is 14.2. The van der Waals surface area contributed by atoms with Crippen molar-refractivity contribution in [2.45, 2.75) is 52.1 Å². The van der Waals surface area contributed by atoms with E-state index in [1.54, 1.807) is 0 Å². The summed E-state index contributed by atoms with van der Waals surface area (Å²) in [5.74, 6) is 0. The second kappa shape index (κ2) is 10.9. The lowest BCUT2D eigenvalue weighted by molar-refractivity contribution is 0.319. The molecule has 0 saturated heterocycles. The van der Waals surface area contributed by atoms with Gasteiger partial charge in [-0.05, 0) is 19.8 Å². The molecule has 0 bridgehead atoms. The van der Waals surface area contributed by atoms with E-state index in [4.69, 9.17) is 4.52 Å². The maximum atomic E-state index is 5.01. The summed E-state index contributed by atoms with van der Waals surface area (Å²) in [7, 11) is 2.27. The number of hydrogen-bond donors (Lipinski definition) is 0. The first-order valence-electron chi connectivity index (χ1n) is 5.50. The van der Waals surface area contributed by atoms with Gasteiger partial charge in [-0.1, -0.05) is 50.5 Å². The summed E-state index contributed by atoms with van der Waals surface area (Å²) in [5.41, 5.74) is 0. The van der Waals surface area contributed by atoms with Crippen LogP contribution in [0.1, 0.15) is 46.0 Å². The molecule has 2 heteroatoms. The van der Waals surface area contributed by atoms with Crippen LogP contribution in [0.4, 0.5) is 0 Å². The van der Waals surface area contributed by atoms with E-state index in [9.17, 15) is 0 Å². The Kier molecular flexibility index (Phi) is 10.8. The summed E-state index contributed by atoms with van der Waals surface area (Å²) in [5, 5.41) is 0. The molecule has 0 heterocycles. The third-order valence-corrected chi connectivity index (χ3v) is 2.50. The highest BCUT2D eigenvalue weighted by atomic mass is 31.0. The number of allylic oxidation sites excluding steroid dienone is 3. The van der Waals surface area contributed by atoms with Gasteiger partial charge in [0.05, 0.1) is 6.10 Å². The zero-order valence-corrected chi connectivity index (χ0v) is 10.6. The van der Waals surface area contributed by atoms with Crippen LogP contribution >= 0.6 is 9.47 Å². The Morgan fingerprint density at radius 1 is 1.21 bits per heavy atom. The molecule has 0 aliphatic heterocycles. The van der Waals surface area contributed by atoms with Crippen molar-refractivity contribution in [1.82, 2.24) is 0 Å². The Hall–Kier alpha value is -0.130. The molecule has 0 aromatic carbocycles. The van der Waals surface area contributed by atoms with Crippen molar-refractivity contribution < 1.29 is 4.52 Å². The van der Waals surface area contributed by atoms with E-state index in [2.05, 4.69) is 34.6 Å². The van der Waals surface area contributed by atoms with Crippen molar-refractivity contribution in [3.05, 3.63) is 24.3 Å². The molecule has 0 amide bonds. The summed E-state index contributed by atoms with van der Waals surface area (Å²) in [6, 6.07) is 0. The largest absolute Gasteiger partial charge is 0.359 e. The summed E-state index contributed by atoms with van der Waals surface area (Å²) < 4.78 is 5.01. The number of unbranched alkanes of at least 4 members (excludes halogenated alkanes) is 4. The summed E-state index contributed by atoms with van der Waals surface area (Å²) >= 11 is 0. The predicted octanol–water partition coefficient (Wildman–Crippen LogP) is 4.26. The number of rotatable bonds is 8. The quantitative estimate of drug-likeness (QED) is 0.333. The van der Waals surface area contributed by atoms with E-state index < -0.39 is 0 Å². The maximum Gasteiger partial charge on any atom is 0.0766 e. The summed E-state index contributed by atoms with van der Waals surface area (Å²) in [6.07, 6.45) is 15.1. The van der Waals surface area contributed by atoms with E-state index in [0.717, 1.165) is 0 Å². The molecule has 0 saturated carbocycles. The fourth-order valence-electron chi connectivity index (χ4n) is 1.13. The van der Waals surface area contributed by atoms with Gasteiger partial charge in [-0.2, -0.15) is 0 Å². The van der Waals surface area contributed by atoms with Crippen LogP contribution in [0.3, 0.4) is 0 Å². The van der Waals surface area contributed by atoms with Crippen LogP contribution in [0.25, 0.3) is 0 Å². The molecule has 0 fully saturated rings. The molecule has 0 aromatic rings. The van der Waals surface area contributed by atoms with Crippen molar-refractivity contribution in [1.29, 1.82) is 0 Å². The lowest BCUT2D eigenvalue weighted by Crippen LogP contribution is -1.93. The summed E-state index contributed by atoms with van der Waals surface area (Å²) in [6.45, 7) is 4.25. The second-order valence-corrected chi connectivity index (χ2v) is 3.78. The Morgan fingerprint density at radius 3 is 2.64 bits per heavy atom. The van der Waals surface area contributed by atoms with Gasteiger partial charge in [-0.15, -0.1) is 0 Å². The smallest absolute Gasteiger partial charge is 0.0766 e. The van der Waals surface area contributed by atoms with Crippen molar-refractivity contribution in [2.24, 2.45) is 0 Å². The predicted molar refractivity (Wildman–Crippen MR) is 67.3 cm³/mol. The van der Waals surface area contributed by atoms with Gasteiger partial charge in [0.2, 0.25) is 0 Å². The molecule has 0 rings (SSSR count). The van der Waals surface area contributed by atoms with Gasteiger partial charge in [0, 0.05) is 9.47 Å². The standard InChI is InChI=1S/C12H23OP/c1-3-4-5-6-7-8-9-10-11-12(2)13-14/h8-12H,3-7,14H2,1-2H3/b9-8-,11-10+. The van der Waals surface area contributed by atoms with E-state index in [-0.39, 0.29) is 6.10 Å². The fourth-order valence-corrected chi connectivity index (χ4v) is 1.22. The van der Waals surface area contributed by atoms with Crippen LogP contribution in [0.2, 0.25) is 0 Å². The average molecular weight is 214 g/mol. The van der Waals surface area contributed by atoms with Crippen LogP contribution in [0, 0.1) is 0 Å². The van der Waals surface area contributed by atoms with Crippen LogP contribution in [0.15, 0.2) is 24.3 Å². The Morgan fingerprint density at radius 2 is 2.00 bits per heavy atom. The van der Waals surface area contributed by atoms with Crippen molar-refractivity contribution in [3.63, 3.8) is 0 Å². The highest BCUT2D eigenvalue weighted by Crippen LogP contribution is 2.03. The SMILES string of the molecule is CCCCCC/C=C\C=C\C(C)OP. The molecular formula is C12H23OP. The molecule has 0 aromatic heterocycles. The van der Waals surface area contributed by atoms with E-state index >= 15 is 0 Å².